The van der Waals surface area contributed by atoms with Crippen LogP contribution < -0.4 is 17.0 Å². The number of hydrogen-bond acceptors (Lipinski definition) is 7. The maximum absolute atomic E-state index is 12.5. The first-order valence-corrected chi connectivity index (χ1v) is 8.74. The van der Waals surface area contributed by atoms with Gasteiger partial charge < -0.3 is 10.3 Å². The van der Waals surface area contributed by atoms with Gasteiger partial charge in [-0.25, -0.2) is 4.79 Å². The molecule has 0 saturated heterocycles. The Hall–Kier alpha value is -2.36. The van der Waals surface area contributed by atoms with E-state index in [-0.39, 0.29) is 23.2 Å². The van der Waals surface area contributed by atoms with E-state index in [4.69, 9.17) is 5.73 Å². The lowest BCUT2D eigenvalue weighted by molar-refractivity contribution is 0.102. The van der Waals surface area contributed by atoms with E-state index in [1.807, 2.05) is 4.57 Å². The molecule has 0 bridgehead atoms. The molecule has 2 aromatic heterocycles. The van der Waals surface area contributed by atoms with Crippen molar-refractivity contribution in [3.63, 3.8) is 0 Å². The summed E-state index contributed by atoms with van der Waals surface area (Å²) < 4.78 is 3.25. The summed E-state index contributed by atoms with van der Waals surface area (Å²) in [5, 5.41) is 8.53. The fourth-order valence-electron chi connectivity index (χ4n) is 2.67. The summed E-state index contributed by atoms with van der Waals surface area (Å²) in [5.41, 5.74) is 4.51. The molecule has 0 spiro atoms. The van der Waals surface area contributed by atoms with Crippen molar-refractivity contribution in [3.05, 3.63) is 32.7 Å². The van der Waals surface area contributed by atoms with E-state index in [1.165, 1.54) is 16.3 Å². The second kappa shape index (κ2) is 5.62. The van der Waals surface area contributed by atoms with Crippen LogP contribution in [0.1, 0.15) is 48.1 Å². The molecule has 0 amide bonds. The van der Waals surface area contributed by atoms with Gasteiger partial charge in [-0.05, 0) is 25.7 Å². The highest BCUT2D eigenvalue weighted by Gasteiger charge is 2.30. The minimum Gasteiger partial charge on any atom is -0.384 e. The largest absolute Gasteiger partial charge is 0.384 e. The average Bonchev–Trinajstić information content (AvgIpc) is 3.45. The summed E-state index contributed by atoms with van der Waals surface area (Å²) in [6.45, 7) is 0. The quantitative estimate of drug-likeness (QED) is 0.569. The van der Waals surface area contributed by atoms with Crippen LogP contribution in [-0.2, 0) is 0 Å². The van der Waals surface area contributed by atoms with Gasteiger partial charge in [0, 0.05) is 12.1 Å². The van der Waals surface area contributed by atoms with Gasteiger partial charge in [0.25, 0.3) is 5.56 Å². The number of nitrogens with zero attached hydrogens (tertiary/aromatic N) is 4. The smallest absolute Gasteiger partial charge is 0.330 e. The third-order valence-electron chi connectivity index (χ3n) is 4.19. The Balaban J connectivity index is 1.58. The number of carbonyl (C=O) groups excluding carboxylic acids is 1. The van der Waals surface area contributed by atoms with Crippen molar-refractivity contribution in [2.45, 2.75) is 42.9 Å². The van der Waals surface area contributed by atoms with Crippen LogP contribution in [0.15, 0.2) is 21.1 Å². The zero-order valence-corrected chi connectivity index (χ0v) is 13.6. The number of ketones is 1. The zero-order chi connectivity index (χ0) is 16.8. The average molecular weight is 348 g/mol. The van der Waals surface area contributed by atoms with Gasteiger partial charge in [0.15, 0.2) is 10.9 Å². The van der Waals surface area contributed by atoms with Gasteiger partial charge >= 0.3 is 5.69 Å². The molecule has 2 aliphatic rings. The Morgan fingerprint density at radius 1 is 1.29 bits per heavy atom. The molecule has 126 valence electrons. The number of anilines is 1. The number of aromatic amines is 1. The number of aromatic nitrogens is 5. The van der Waals surface area contributed by atoms with Crippen LogP contribution in [0.5, 0.6) is 0 Å². The highest BCUT2D eigenvalue weighted by Crippen LogP contribution is 2.37. The van der Waals surface area contributed by atoms with Crippen LogP contribution in [0, 0.1) is 0 Å². The topological polar surface area (TPSA) is 129 Å². The number of nitrogens with two attached hydrogens (primary N) is 1. The van der Waals surface area contributed by atoms with Crippen LogP contribution in [0.3, 0.4) is 0 Å². The van der Waals surface area contributed by atoms with Gasteiger partial charge in [-0.3, -0.25) is 19.1 Å². The van der Waals surface area contributed by atoms with E-state index in [2.05, 4.69) is 15.2 Å². The van der Waals surface area contributed by atoms with Gasteiger partial charge in [0.05, 0.1) is 5.75 Å². The molecular weight excluding hydrogens is 332 g/mol. The molecule has 24 heavy (non-hydrogen) atoms. The number of nitrogen functional groups attached to an aromatic ring is 1. The van der Waals surface area contributed by atoms with Gasteiger partial charge in [-0.2, -0.15) is 0 Å². The van der Waals surface area contributed by atoms with Crippen molar-refractivity contribution in [1.29, 1.82) is 0 Å². The van der Waals surface area contributed by atoms with E-state index in [1.54, 1.807) is 6.33 Å². The van der Waals surface area contributed by atoms with Crippen molar-refractivity contribution >= 4 is 23.4 Å². The number of Topliss-reactive ketones (excluding diaryl/α,β-unsaturated/α-hetero) is 1. The van der Waals surface area contributed by atoms with Crippen molar-refractivity contribution in [3.8, 4) is 0 Å². The van der Waals surface area contributed by atoms with Gasteiger partial charge in [-0.15, -0.1) is 10.2 Å². The number of H-pyrrole nitrogens is 1. The molecule has 10 heteroatoms. The van der Waals surface area contributed by atoms with Crippen molar-refractivity contribution in [2.75, 3.05) is 11.5 Å². The van der Waals surface area contributed by atoms with E-state index in [9.17, 15) is 14.4 Å². The molecule has 4 rings (SSSR count). The zero-order valence-electron chi connectivity index (χ0n) is 12.8. The summed E-state index contributed by atoms with van der Waals surface area (Å²) >= 11 is 1.22. The predicted molar refractivity (Wildman–Crippen MR) is 87.4 cm³/mol. The van der Waals surface area contributed by atoms with Crippen LogP contribution in [0.25, 0.3) is 0 Å². The Bertz CT molecular complexity index is 921. The normalized spacial score (nSPS) is 17.2. The Kier molecular flexibility index (Phi) is 3.56. The monoisotopic (exact) mass is 348 g/mol. The van der Waals surface area contributed by atoms with Crippen LogP contribution in [0.2, 0.25) is 0 Å². The van der Waals surface area contributed by atoms with Gasteiger partial charge in [0.1, 0.15) is 17.7 Å². The SMILES string of the molecule is Nc1c(C(=O)CSc2nncn2C2CC2)c(=O)[nH]c(=O)n1C1CC1. The first-order chi connectivity index (χ1) is 11.6. The fraction of sp³-hybridized carbons (Fsp3) is 0.500. The minimum atomic E-state index is -0.733. The van der Waals surface area contributed by atoms with Gasteiger partial charge in [0.2, 0.25) is 0 Å². The fourth-order valence-corrected chi connectivity index (χ4v) is 3.53. The van der Waals surface area contributed by atoms with Crippen LogP contribution in [-0.4, -0.2) is 35.9 Å². The third-order valence-corrected chi connectivity index (χ3v) is 5.14. The summed E-state index contributed by atoms with van der Waals surface area (Å²) in [4.78, 5) is 38.6. The maximum Gasteiger partial charge on any atom is 0.330 e. The molecule has 0 aromatic carbocycles. The second-order valence-electron chi connectivity index (χ2n) is 6.08. The van der Waals surface area contributed by atoms with Crippen molar-refractivity contribution in [2.24, 2.45) is 0 Å². The number of rotatable bonds is 6. The molecule has 2 saturated carbocycles. The number of hydrogen-bond donors (Lipinski definition) is 2. The van der Waals surface area contributed by atoms with Crippen molar-refractivity contribution in [1.82, 2.24) is 24.3 Å². The molecular formula is C14H16N6O3S. The lowest BCUT2D eigenvalue weighted by atomic mass is 10.2. The highest BCUT2D eigenvalue weighted by atomic mass is 32.2. The first kappa shape index (κ1) is 15.2. The van der Waals surface area contributed by atoms with Crippen LogP contribution >= 0.6 is 11.8 Å². The Morgan fingerprint density at radius 2 is 2.00 bits per heavy atom. The van der Waals surface area contributed by atoms with E-state index in [0.29, 0.717) is 11.2 Å². The molecule has 2 aliphatic carbocycles. The van der Waals surface area contributed by atoms with E-state index < -0.39 is 17.0 Å². The molecule has 0 aliphatic heterocycles. The minimum absolute atomic E-state index is 0.0154. The molecule has 0 radical (unpaired) electrons. The van der Waals surface area contributed by atoms with E-state index >= 15 is 0 Å². The summed E-state index contributed by atoms with van der Waals surface area (Å²) in [7, 11) is 0. The molecule has 3 N–H and O–H groups in total. The molecule has 2 aromatic rings. The standard InChI is InChI=1S/C14H16N6O3S/c15-11-10(12(22)17-13(23)20(11)8-3-4-8)9(21)5-24-14-18-16-6-19(14)7-1-2-7/h6-8H,1-5,15H2,(H,17,22,23). The summed E-state index contributed by atoms with van der Waals surface area (Å²) in [6, 6.07) is 0.384. The third kappa shape index (κ3) is 2.66. The lowest BCUT2D eigenvalue weighted by Crippen LogP contribution is -2.36. The van der Waals surface area contributed by atoms with Gasteiger partial charge in [-0.1, -0.05) is 11.8 Å². The maximum atomic E-state index is 12.5. The molecule has 0 unspecified atom stereocenters. The molecule has 9 nitrogen and oxygen atoms in total. The molecule has 0 atom stereocenters. The number of nitrogens with one attached hydrogen (secondary N) is 1. The Labute approximate surface area is 140 Å². The molecule has 2 fully saturated rings. The summed E-state index contributed by atoms with van der Waals surface area (Å²) in [5.74, 6) is -0.444. The Morgan fingerprint density at radius 3 is 2.67 bits per heavy atom. The summed E-state index contributed by atoms with van der Waals surface area (Å²) in [6.07, 6.45) is 5.46. The highest BCUT2D eigenvalue weighted by molar-refractivity contribution is 7.99. The predicted octanol–water partition coefficient (Wildman–Crippen LogP) is 0.355. The first-order valence-electron chi connectivity index (χ1n) is 7.76. The molecule has 2 heterocycles. The number of carbonyl (C=O) groups is 1. The number of thioether (sulfide) groups is 1. The van der Waals surface area contributed by atoms with Crippen LogP contribution in [0.4, 0.5) is 5.82 Å². The van der Waals surface area contributed by atoms with E-state index in [0.717, 1.165) is 25.7 Å². The lowest BCUT2D eigenvalue weighted by Gasteiger charge is -2.11. The second-order valence-corrected chi connectivity index (χ2v) is 7.03. The van der Waals surface area contributed by atoms with Crippen molar-refractivity contribution < 1.29 is 4.79 Å².